The molecule has 0 bridgehead atoms. The Hall–Kier alpha value is -3.89. The van der Waals surface area contributed by atoms with E-state index in [1.165, 1.54) is 15.5 Å². The van der Waals surface area contributed by atoms with Crippen molar-refractivity contribution in [1.29, 1.82) is 0 Å². The highest BCUT2D eigenvalue weighted by Crippen LogP contribution is 2.06. The van der Waals surface area contributed by atoms with Crippen LogP contribution in [0.15, 0.2) is 45.9 Å². The van der Waals surface area contributed by atoms with E-state index in [1.54, 1.807) is 6.92 Å². The molecule has 1 aromatic carbocycles. The third-order valence-corrected chi connectivity index (χ3v) is 3.48. The van der Waals surface area contributed by atoms with Crippen LogP contribution in [0.4, 0.5) is 6.01 Å². The van der Waals surface area contributed by atoms with Crippen molar-refractivity contribution in [1.82, 2.24) is 34.6 Å². The Bertz CT molecular complexity index is 1140. The second-order valence-electron chi connectivity index (χ2n) is 5.36. The smallest absolute Gasteiger partial charge is 0.322 e. The van der Waals surface area contributed by atoms with Crippen LogP contribution in [-0.2, 0) is 6.54 Å². The van der Waals surface area contributed by atoms with E-state index in [4.69, 9.17) is 4.42 Å². The lowest BCUT2D eigenvalue weighted by atomic mass is 10.2. The van der Waals surface area contributed by atoms with Gasteiger partial charge < -0.3 is 4.42 Å². The molecular weight excluding hydrogens is 340 g/mol. The summed E-state index contributed by atoms with van der Waals surface area (Å²) in [7, 11) is 0. The highest BCUT2D eigenvalue weighted by Gasteiger charge is 2.19. The Labute approximate surface area is 145 Å². The van der Waals surface area contributed by atoms with Crippen molar-refractivity contribution in [3.63, 3.8) is 0 Å². The molecule has 3 aromatic heterocycles. The molecule has 4 aromatic rings. The molecule has 0 aliphatic heterocycles. The van der Waals surface area contributed by atoms with Crippen molar-refractivity contribution in [3.05, 3.63) is 64.2 Å². The standard InChI is InChI=1S/C15H12N8O3/c1-9-19-20-14(26-9)17-12(24)11-13(25)18-15-22(16-8-23(15)21-11)7-10-5-3-2-4-6-10/h2-6,8H,7H2,1H3,(H,17,20,24). The number of fused-ring (bicyclic) bond motifs is 1. The second kappa shape index (κ2) is 6.20. The van der Waals surface area contributed by atoms with Crippen LogP contribution in [0.1, 0.15) is 21.9 Å². The predicted molar refractivity (Wildman–Crippen MR) is 87.6 cm³/mol. The normalized spacial score (nSPS) is 11.0. The summed E-state index contributed by atoms with van der Waals surface area (Å²) in [4.78, 5) is 28.3. The van der Waals surface area contributed by atoms with Crippen LogP contribution >= 0.6 is 0 Å². The first-order valence-electron chi connectivity index (χ1n) is 7.58. The Kier molecular flexibility index (Phi) is 3.73. The number of nitrogens with zero attached hydrogens (tertiary/aromatic N) is 7. The van der Waals surface area contributed by atoms with Crippen LogP contribution in [0.2, 0.25) is 0 Å². The molecule has 4 rings (SSSR count). The second-order valence-corrected chi connectivity index (χ2v) is 5.36. The zero-order valence-electron chi connectivity index (χ0n) is 13.5. The van der Waals surface area contributed by atoms with Gasteiger partial charge in [0.1, 0.15) is 6.33 Å². The van der Waals surface area contributed by atoms with E-state index < -0.39 is 17.2 Å². The van der Waals surface area contributed by atoms with Gasteiger partial charge in [-0.2, -0.15) is 19.7 Å². The van der Waals surface area contributed by atoms with E-state index in [0.29, 0.717) is 6.54 Å². The van der Waals surface area contributed by atoms with Gasteiger partial charge in [0.15, 0.2) is 0 Å². The van der Waals surface area contributed by atoms with Crippen LogP contribution in [0.3, 0.4) is 0 Å². The maximum absolute atomic E-state index is 12.2. The van der Waals surface area contributed by atoms with Gasteiger partial charge >= 0.3 is 11.6 Å². The third kappa shape index (κ3) is 2.92. The number of benzene rings is 1. The fraction of sp³-hybridized carbons (Fsp3) is 0.133. The van der Waals surface area contributed by atoms with Crippen molar-refractivity contribution >= 4 is 17.7 Å². The molecule has 1 N–H and O–H groups in total. The topological polar surface area (TPSA) is 133 Å². The van der Waals surface area contributed by atoms with E-state index in [0.717, 1.165) is 5.56 Å². The van der Waals surface area contributed by atoms with Gasteiger partial charge in [-0.1, -0.05) is 35.4 Å². The molecule has 130 valence electrons. The van der Waals surface area contributed by atoms with Gasteiger partial charge in [-0.15, -0.1) is 5.10 Å². The van der Waals surface area contributed by atoms with Crippen LogP contribution in [-0.4, -0.2) is 40.5 Å². The number of carbonyl (C=O) groups excluding carboxylic acids is 1. The number of anilines is 1. The molecule has 0 fully saturated rings. The largest absolute Gasteiger partial charge is 0.408 e. The SMILES string of the molecule is Cc1nnc(NC(=O)c2nn3cnn(Cc4ccccc4)c3nc2=O)o1. The van der Waals surface area contributed by atoms with Gasteiger partial charge in [0.2, 0.25) is 11.6 Å². The summed E-state index contributed by atoms with van der Waals surface area (Å²) in [5, 5.41) is 17.7. The Morgan fingerprint density at radius 1 is 1.23 bits per heavy atom. The number of carbonyl (C=O) groups is 1. The minimum atomic E-state index is -0.795. The van der Waals surface area contributed by atoms with E-state index in [2.05, 4.69) is 30.7 Å². The molecule has 11 nitrogen and oxygen atoms in total. The number of hydrogen-bond acceptors (Lipinski definition) is 8. The molecular formula is C15H12N8O3. The van der Waals surface area contributed by atoms with E-state index in [9.17, 15) is 9.59 Å². The molecule has 3 heterocycles. The van der Waals surface area contributed by atoms with E-state index in [-0.39, 0.29) is 17.7 Å². The van der Waals surface area contributed by atoms with Gasteiger partial charge in [0.05, 0.1) is 6.54 Å². The molecule has 0 unspecified atom stereocenters. The average Bonchev–Trinajstić information content (AvgIpc) is 3.21. The van der Waals surface area contributed by atoms with Gasteiger partial charge in [-0.3, -0.25) is 14.9 Å². The molecule has 0 radical (unpaired) electrons. The first kappa shape index (κ1) is 15.6. The maximum atomic E-state index is 12.2. The molecule has 0 saturated carbocycles. The van der Waals surface area contributed by atoms with E-state index >= 15 is 0 Å². The number of amides is 1. The third-order valence-electron chi connectivity index (χ3n) is 3.48. The van der Waals surface area contributed by atoms with E-state index in [1.807, 2.05) is 30.3 Å². The summed E-state index contributed by atoms with van der Waals surface area (Å²) in [6.45, 7) is 1.99. The fourth-order valence-electron chi connectivity index (χ4n) is 2.32. The molecule has 0 aliphatic rings. The van der Waals surface area contributed by atoms with Crippen LogP contribution in [0.5, 0.6) is 0 Å². The lowest BCUT2D eigenvalue weighted by Crippen LogP contribution is -2.27. The lowest BCUT2D eigenvalue weighted by molar-refractivity contribution is 0.101. The summed E-state index contributed by atoms with van der Waals surface area (Å²) in [6.07, 6.45) is 1.37. The summed E-state index contributed by atoms with van der Waals surface area (Å²) >= 11 is 0. The Morgan fingerprint density at radius 2 is 2.04 bits per heavy atom. The summed E-state index contributed by atoms with van der Waals surface area (Å²) in [6, 6.07) is 9.44. The number of hydrogen-bond donors (Lipinski definition) is 1. The number of aryl methyl sites for hydroxylation is 1. The molecule has 11 heteroatoms. The molecule has 26 heavy (non-hydrogen) atoms. The number of rotatable bonds is 4. The van der Waals surface area contributed by atoms with Crippen molar-refractivity contribution in [2.24, 2.45) is 0 Å². The number of aromatic nitrogens is 7. The maximum Gasteiger partial charge on any atom is 0.322 e. The zero-order chi connectivity index (χ0) is 18.1. The summed E-state index contributed by atoms with van der Waals surface area (Å²) < 4.78 is 7.83. The summed E-state index contributed by atoms with van der Waals surface area (Å²) in [5.41, 5.74) is -0.202. The molecule has 0 saturated heterocycles. The summed E-state index contributed by atoms with van der Waals surface area (Å²) in [5.74, 6) is -0.291. The highest BCUT2D eigenvalue weighted by molar-refractivity contribution is 6.01. The first-order chi connectivity index (χ1) is 12.6. The van der Waals surface area contributed by atoms with Crippen molar-refractivity contribution in [3.8, 4) is 0 Å². The molecule has 0 atom stereocenters. The Morgan fingerprint density at radius 3 is 2.77 bits per heavy atom. The van der Waals surface area contributed by atoms with Gasteiger partial charge in [-0.25, -0.2) is 4.68 Å². The molecule has 0 spiro atoms. The predicted octanol–water partition coefficient (Wildman–Crippen LogP) is 0.278. The fourth-order valence-corrected chi connectivity index (χ4v) is 2.32. The zero-order valence-corrected chi connectivity index (χ0v) is 13.5. The Balaban J connectivity index is 1.65. The first-order valence-corrected chi connectivity index (χ1v) is 7.58. The number of nitrogens with one attached hydrogen (secondary N) is 1. The van der Waals surface area contributed by atoms with Crippen molar-refractivity contribution < 1.29 is 9.21 Å². The quantitative estimate of drug-likeness (QED) is 0.553. The lowest BCUT2D eigenvalue weighted by Gasteiger charge is -2.03. The average molecular weight is 352 g/mol. The highest BCUT2D eigenvalue weighted by atomic mass is 16.4. The van der Waals surface area contributed by atoms with Crippen molar-refractivity contribution in [2.45, 2.75) is 13.5 Å². The van der Waals surface area contributed by atoms with Gasteiger partial charge in [-0.05, 0) is 5.56 Å². The van der Waals surface area contributed by atoms with Gasteiger partial charge in [0, 0.05) is 6.92 Å². The van der Waals surface area contributed by atoms with Crippen molar-refractivity contribution in [2.75, 3.05) is 5.32 Å². The van der Waals surface area contributed by atoms with Crippen LogP contribution < -0.4 is 10.9 Å². The monoisotopic (exact) mass is 352 g/mol. The molecule has 1 amide bonds. The minimum Gasteiger partial charge on any atom is -0.408 e. The minimum absolute atomic E-state index is 0.126. The molecule has 0 aliphatic carbocycles. The van der Waals surface area contributed by atoms with Crippen LogP contribution in [0.25, 0.3) is 5.78 Å². The van der Waals surface area contributed by atoms with Gasteiger partial charge in [0.25, 0.3) is 11.7 Å². The van der Waals surface area contributed by atoms with Crippen LogP contribution in [0, 0.1) is 6.92 Å².